The van der Waals surface area contributed by atoms with Crippen molar-refractivity contribution in [1.82, 2.24) is 9.55 Å². The number of allylic oxidation sites excluding steroid dienone is 4. The zero-order valence-corrected chi connectivity index (χ0v) is 12.0. The zero-order valence-electron chi connectivity index (χ0n) is 12.0. The molecule has 0 amide bonds. The molecule has 0 aromatic carbocycles. The molecule has 21 heavy (non-hydrogen) atoms. The van der Waals surface area contributed by atoms with E-state index >= 15 is 0 Å². The lowest BCUT2D eigenvalue weighted by Gasteiger charge is -2.24. The number of hydrogen-bond acceptors (Lipinski definition) is 5. The summed E-state index contributed by atoms with van der Waals surface area (Å²) in [7, 11) is 0. The number of imidazole rings is 1. The predicted molar refractivity (Wildman–Crippen MR) is 74.9 cm³/mol. The molecule has 112 valence electrons. The van der Waals surface area contributed by atoms with Gasteiger partial charge < -0.3 is 19.6 Å². The Bertz CT molecular complexity index is 621. The van der Waals surface area contributed by atoms with E-state index in [-0.39, 0.29) is 11.8 Å². The molecule has 7 nitrogen and oxygen atoms in total. The normalized spacial score (nSPS) is 23.9. The minimum Gasteiger partial charge on any atom is -0.494 e. The van der Waals surface area contributed by atoms with E-state index in [1.54, 1.807) is 4.57 Å². The Morgan fingerprint density at radius 2 is 2.43 bits per heavy atom. The summed E-state index contributed by atoms with van der Waals surface area (Å²) in [5.41, 5.74) is 0.658. The van der Waals surface area contributed by atoms with Crippen molar-refractivity contribution in [2.75, 3.05) is 6.61 Å². The van der Waals surface area contributed by atoms with Crippen molar-refractivity contribution in [2.24, 2.45) is 0 Å². The van der Waals surface area contributed by atoms with Gasteiger partial charge in [-0.05, 0) is 31.3 Å². The lowest BCUT2D eigenvalue weighted by atomic mass is 10.1. The molecule has 1 aliphatic heterocycles. The van der Waals surface area contributed by atoms with Crippen molar-refractivity contribution < 1.29 is 14.4 Å². The summed E-state index contributed by atoms with van der Waals surface area (Å²) in [5, 5.41) is 10.7. The van der Waals surface area contributed by atoms with E-state index in [0.29, 0.717) is 13.2 Å². The van der Waals surface area contributed by atoms with E-state index in [4.69, 9.17) is 9.47 Å². The van der Waals surface area contributed by atoms with Gasteiger partial charge in [0.1, 0.15) is 12.8 Å². The Morgan fingerprint density at radius 3 is 3.10 bits per heavy atom. The van der Waals surface area contributed by atoms with Crippen molar-refractivity contribution in [2.45, 2.75) is 38.8 Å². The summed E-state index contributed by atoms with van der Waals surface area (Å²) in [6, 6.07) is 0.279. The summed E-state index contributed by atoms with van der Waals surface area (Å²) in [5.74, 6) is 0.763. The molecule has 0 radical (unpaired) electrons. The van der Waals surface area contributed by atoms with Crippen LogP contribution in [0.2, 0.25) is 0 Å². The smallest absolute Gasteiger partial charge is 0.415 e. The Labute approximate surface area is 122 Å². The van der Waals surface area contributed by atoms with Crippen LogP contribution in [-0.4, -0.2) is 26.7 Å². The number of hydrogen-bond donors (Lipinski definition) is 0. The van der Waals surface area contributed by atoms with Gasteiger partial charge in [0.05, 0.1) is 12.3 Å². The fourth-order valence-corrected chi connectivity index (χ4v) is 2.54. The molecule has 1 atom stereocenters. The molecule has 1 aliphatic carbocycles. The van der Waals surface area contributed by atoms with Crippen LogP contribution in [0.25, 0.3) is 0 Å². The molecule has 0 spiro atoms. The number of aromatic nitrogens is 2. The van der Waals surface area contributed by atoms with Crippen LogP contribution in [0.1, 0.15) is 26.7 Å². The summed E-state index contributed by atoms with van der Waals surface area (Å²) in [4.78, 5) is 14.0. The average Bonchev–Trinajstić information content (AvgIpc) is 2.92. The highest BCUT2D eigenvalue weighted by atomic mass is 16.6. The maximum Gasteiger partial charge on any atom is 0.415 e. The van der Waals surface area contributed by atoms with Gasteiger partial charge >= 0.3 is 11.8 Å². The Hall–Kier alpha value is -2.31. The molecule has 0 saturated heterocycles. The van der Waals surface area contributed by atoms with E-state index in [1.807, 2.05) is 19.9 Å². The molecule has 0 N–H and O–H groups in total. The van der Waals surface area contributed by atoms with Gasteiger partial charge in [0.25, 0.3) is 0 Å². The number of nitro groups is 1. The monoisotopic (exact) mass is 291 g/mol. The number of fused-ring (bicyclic) bond motifs is 1. The van der Waals surface area contributed by atoms with Crippen LogP contribution >= 0.6 is 0 Å². The minimum absolute atomic E-state index is 0.191. The maximum atomic E-state index is 10.7. The first-order chi connectivity index (χ1) is 9.95. The lowest BCUT2D eigenvalue weighted by molar-refractivity contribution is -0.389. The molecule has 0 bridgehead atoms. The summed E-state index contributed by atoms with van der Waals surface area (Å²) < 4.78 is 13.2. The highest BCUT2D eigenvalue weighted by molar-refractivity contribution is 5.25. The van der Waals surface area contributed by atoms with Gasteiger partial charge in [-0.1, -0.05) is 11.6 Å². The molecular formula is C14H17N3O4. The molecule has 1 aromatic heterocycles. The van der Waals surface area contributed by atoms with Gasteiger partial charge in [-0.25, -0.2) is 0 Å². The van der Waals surface area contributed by atoms with Gasteiger partial charge in [-0.15, -0.1) is 0 Å². The second-order valence-corrected chi connectivity index (χ2v) is 5.70. The van der Waals surface area contributed by atoms with Crippen LogP contribution in [0, 0.1) is 10.1 Å². The van der Waals surface area contributed by atoms with Gasteiger partial charge in [-0.3, -0.25) is 4.57 Å². The van der Waals surface area contributed by atoms with Gasteiger partial charge in [0.2, 0.25) is 0 Å². The molecule has 1 aromatic rings. The van der Waals surface area contributed by atoms with Crippen LogP contribution in [0.5, 0.6) is 6.01 Å². The van der Waals surface area contributed by atoms with Gasteiger partial charge in [-0.2, -0.15) is 0 Å². The van der Waals surface area contributed by atoms with Crippen LogP contribution in [0.3, 0.4) is 0 Å². The average molecular weight is 291 g/mol. The second kappa shape index (κ2) is 4.91. The molecule has 2 heterocycles. The van der Waals surface area contributed by atoms with Crippen LogP contribution in [0.15, 0.2) is 29.7 Å². The van der Waals surface area contributed by atoms with Crippen molar-refractivity contribution in [3.63, 3.8) is 0 Å². The molecular weight excluding hydrogens is 274 g/mol. The maximum absolute atomic E-state index is 10.7. The van der Waals surface area contributed by atoms with Gasteiger partial charge in [0.15, 0.2) is 5.60 Å². The van der Waals surface area contributed by atoms with Gasteiger partial charge in [0, 0.05) is 11.4 Å². The molecule has 0 unspecified atom stereocenters. The summed E-state index contributed by atoms with van der Waals surface area (Å²) in [6.07, 6.45) is 7.49. The van der Waals surface area contributed by atoms with Crippen LogP contribution in [-0.2, 0) is 11.3 Å². The first-order valence-corrected chi connectivity index (χ1v) is 6.86. The Morgan fingerprint density at radius 1 is 1.62 bits per heavy atom. The largest absolute Gasteiger partial charge is 0.494 e. The standard InChI is InChI=1S/C14H17N3O4/c1-10-4-3-5-11(6-10)20-9-14(2)8-16-7-12(17(18)19)15-13(16)21-14/h4,6-7H,3,5,8-9H2,1-2H3/t14-/m1/s1. The van der Waals surface area contributed by atoms with E-state index in [9.17, 15) is 10.1 Å². The molecule has 0 fully saturated rings. The molecule has 3 rings (SSSR count). The molecule has 2 aliphatic rings. The first kappa shape index (κ1) is 13.7. The topological polar surface area (TPSA) is 79.4 Å². The fraction of sp³-hybridized carbons (Fsp3) is 0.500. The predicted octanol–water partition coefficient (Wildman–Crippen LogP) is 2.58. The van der Waals surface area contributed by atoms with E-state index in [0.717, 1.165) is 18.6 Å². The first-order valence-electron chi connectivity index (χ1n) is 6.86. The van der Waals surface area contributed by atoms with Crippen molar-refractivity contribution in [3.8, 4) is 6.01 Å². The minimum atomic E-state index is -0.548. The number of ether oxygens (including phenoxy) is 2. The molecule has 0 saturated carbocycles. The molecule has 7 heteroatoms. The summed E-state index contributed by atoms with van der Waals surface area (Å²) >= 11 is 0. The Balaban J connectivity index is 1.63. The summed E-state index contributed by atoms with van der Waals surface area (Å²) in [6.45, 7) is 4.85. The highest BCUT2D eigenvalue weighted by Crippen LogP contribution is 2.32. The number of rotatable bonds is 4. The SMILES string of the molecule is CC1=CCCC(OC[C@@]2(C)Cn3cc([N+](=O)[O-])nc3O2)=C1. The Kier molecular flexibility index (Phi) is 3.19. The van der Waals surface area contributed by atoms with Crippen molar-refractivity contribution in [3.05, 3.63) is 39.8 Å². The third-order valence-electron chi connectivity index (χ3n) is 3.57. The second-order valence-electron chi connectivity index (χ2n) is 5.70. The fourth-order valence-electron chi connectivity index (χ4n) is 2.54. The zero-order chi connectivity index (χ0) is 15.0. The van der Waals surface area contributed by atoms with E-state index in [1.165, 1.54) is 11.8 Å². The third kappa shape index (κ3) is 2.76. The van der Waals surface area contributed by atoms with E-state index < -0.39 is 10.5 Å². The quantitative estimate of drug-likeness (QED) is 0.629. The lowest BCUT2D eigenvalue weighted by Crippen LogP contribution is -2.37. The number of nitrogens with zero attached hydrogens (tertiary/aromatic N) is 3. The highest BCUT2D eigenvalue weighted by Gasteiger charge is 2.41. The van der Waals surface area contributed by atoms with Crippen molar-refractivity contribution in [1.29, 1.82) is 0 Å². The van der Waals surface area contributed by atoms with Crippen LogP contribution in [0.4, 0.5) is 5.82 Å². The van der Waals surface area contributed by atoms with Crippen molar-refractivity contribution >= 4 is 5.82 Å². The van der Waals surface area contributed by atoms with Crippen LogP contribution < -0.4 is 4.74 Å². The third-order valence-corrected chi connectivity index (χ3v) is 3.57. The van der Waals surface area contributed by atoms with E-state index in [2.05, 4.69) is 11.1 Å².